The zero-order valence-electron chi connectivity index (χ0n) is 10.3. The lowest BCUT2D eigenvalue weighted by molar-refractivity contribution is 0.640. The molecule has 0 aliphatic heterocycles. The van der Waals surface area contributed by atoms with Gasteiger partial charge in [0.15, 0.2) is 0 Å². The summed E-state index contributed by atoms with van der Waals surface area (Å²) in [5.74, 6) is 0.586. The summed E-state index contributed by atoms with van der Waals surface area (Å²) in [4.78, 5) is 4.09. The van der Waals surface area contributed by atoms with Crippen molar-refractivity contribution in [3.05, 3.63) is 41.3 Å². The minimum atomic E-state index is 0.586. The second-order valence-electron chi connectivity index (χ2n) is 4.04. The molecule has 0 aliphatic rings. The molecule has 0 aromatic carbocycles. The molecule has 2 N–H and O–H groups in total. The molecule has 4 heteroatoms. The number of aryl methyl sites for hydroxylation is 2. The van der Waals surface area contributed by atoms with Gasteiger partial charge in [0, 0.05) is 17.5 Å². The van der Waals surface area contributed by atoms with Gasteiger partial charge in [0.25, 0.3) is 0 Å². The van der Waals surface area contributed by atoms with Gasteiger partial charge in [-0.05, 0) is 25.0 Å². The molecule has 2 heterocycles. The normalized spacial score (nSPS) is 10.7. The summed E-state index contributed by atoms with van der Waals surface area (Å²) >= 11 is 0. The Morgan fingerprint density at radius 1 is 1.29 bits per heavy atom. The molecular formula is C13H18N4. The van der Waals surface area contributed by atoms with E-state index in [1.54, 1.807) is 6.20 Å². The Balaban J connectivity index is 2.29. The maximum absolute atomic E-state index is 5.85. The molecule has 0 spiro atoms. The van der Waals surface area contributed by atoms with Crippen molar-refractivity contribution < 1.29 is 0 Å². The molecular weight excluding hydrogens is 212 g/mol. The second kappa shape index (κ2) is 4.99. The maximum atomic E-state index is 5.85. The van der Waals surface area contributed by atoms with Crippen molar-refractivity contribution in [3.63, 3.8) is 0 Å². The van der Waals surface area contributed by atoms with Crippen molar-refractivity contribution >= 4 is 5.82 Å². The highest BCUT2D eigenvalue weighted by Gasteiger charge is 2.07. The molecule has 2 rings (SSSR count). The number of rotatable bonds is 4. The zero-order valence-corrected chi connectivity index (χ0v) is 10.3. The first-order valence-electron chi connectivity index (χ1n) is 5.99. The van der Waals surface area contributed by atoms with Crippen molar-refractivity contribution in [1.29, 1.82) is 0 Å². The van der Waals surface area contributed by atoms with Crippen LogP contribution in [0.1, 0.15) is 30.8 Å². The van der Waals surface area contributed by atoms with Gasteiger partial charge in [-0.2, -0.15) is 5.10 Å². The fraction of sp³-hybridized carbons (Fsp3) is 0.385. The van der Waals surface area contributed by atoms with Gasteiger partial charge in [-0.1, -0.05) is 19.9 Å². The molecule has 0 amide bonds. The van der Waals surface area contributed by atoms with Crippen LogP contribution in [-0.4, -0.2) is 14.8 Å². The van der Waals surface area contributed by atoms with E-state index in [4.69, 9.17) is 5.73 Å². The van der Waals surface area contributed by atoms with Crippen LogP contribution in [0.5, 0.6) is 0 Å². The standard InChI is InChI=1S/C13H18N4/c1-3-11-8-12(4-2)17(16-11)9-10-6-5-7-15-13(10)14/h5-8H,3-4,9H2,1-2H3,(H2,14,15). The highest BCUT2D eigenvalue weighted by atomic mass is 15.3. The van der Waals surface area contributed by atoms with E-state index in [1.165, 1.54) is 5.69 Å². The van der Waals surface area contributed by atoms with Crippen LogP contribution in [0.25, 0.3) is 0 Å². The van der Waals surface area contributed by atoms with Gasteiger partial charge < -0.3 is 5.73 Å². The third kappa shape index (κ3) is 2.46. The van der Waals surface area contributed by atoms with Crippen LogP contribution in [0.3, 0.4) is 0 Å². The van der Waals surface area contributed by atoms with Crippen molar-refractivity contribution in [2.75, 3.05) is 5.73 Å². The Labute approximate surface area is 101 Å². The third-order valence-electron chi connectivity index (χ3n) is 2.88. The minimum Gasteiger partial charge on any atom is -0.383 e. The number of nitrogen functional groups attached to an aromatic ring is 1. The van der Waals surface area contributed by atoms with Crippen LogP contribution in [0.4, 0.5) is 5.82 Å². The topological polar surface area (TPSA) is 56.7 Å². The van der Waals surface area contributed by atoms with Gasteiger partial charge in [0.1, 0.15) is 5.82 Å². The number of pyridine rings is 1. The largest absolute Gasteiger partial charge is 0.383 e. The lowest BCUT2D eigenvalue weighted by Crippen LogP contribution is -2.08. The number of anilines is 1. The molecule has 90 valence electrons. The average Bonchev–Trinajstić information content (AvgIpc) is 2.74. The van der Waals surface area contributed by atoms with E-state index in [2.05, 4.69) is 30.0 Å². The first-order valence-corrected chi connectivity index (χ1v) is 5.99. The summed E-state index contributed by atoms with van der Waals surface area (Å²) in [6.45, 7) is 4.95. The van der Waals surface area contributed by atoms with Crippen LogP contribution in [-0.2, 0) is 19.4 Å². The van der Waals surface area contributed by atoms with E-state index in [0.717, 1.165) is 24.1 Å². The van der Waals surface area contributed by atoms with E-state index in [0.29, 0.717) is 12.4 Å². The van der Waals surface area contributed by atoms with Crippen LogP contribution in [0.15, 0.2) is 24.4 Å². The molecule has 4 nitrogen and oxygen atoms in total. The summed E-state index contributed by atoms with van der Waals surface area (Å²) in [6, 6.07) is 6.06. The van der Waals surface area contributed by atoms with Crippen molar-refractivity contribution in [2.24, 2.45) is 0 Å². The molecule has 0 saturated carbocycles. The van der Waals surface area contributed by atoms with Crippen LogP contribution in [0.2, 0.25) is 0 Å². The predicted molar refractivity (Wildman–Crippen MR) is 68.7 cm³/mol. The van der Waals surface area contributed by atoms with E-state index in [1.807, 2.05) is 16.8 Å². The molecule has 0 bridgehead atoms. The minimum absolute atomic E-state index is 0.586. The molecule has 0 atom stereocenters. The highest BCUT2D eigenvalue weighted by Crippen LogP contribution is 2.13. The Bertz CT molecular complexity index is 502. The van der Waals surface area contributed by atoms with E-state index in [9.17, 15) is 0 Å². The third-order valence-corrected chi connectivity index (χ3v) is 2.88. The fourth-order valence-electron chi connectivity index (χ4n) is 1.86. The van der Waals surface area contributed by atoms with Crippen molar-refractivity contribution in [3.8, 4) is 0 Å². The summed E-state index contributed by atoms with van der Waals surface area (Å²) in [7, 11) is 0. The monoisotopic (exact) mass is 230 g/mol. The smallest absolute Gasteiger partial charge is 0.128 e. The highest BCUT2D eigenvalue weighted by molar-refractivity contribution is 5.38. The first kappa shape index (κ1) is 11.6. The van der Waals surface area contributed by atoms with E-state index < -0.39 is 0 Å². The van der Waals surface area contributed by atoms with Gasteiger partial charge >= 0.3 is 0 Å². The molecule has 0 saturated heterocycles. The van der Waals surface area contributed by atoms with Gasteiger partial charge in [-0.15, -0.1) is 0 Å². The number of hydrogen-bond acceptors (Lipinski definition) is 3. The summed E-state index contributed by atoms with van der Waals surface area (Å²) in [5.41, 5.74) is 9.24. The van der Waals surface area contributed by atoms with E-state index in [-0.39, 0.29) is 0 Å². The van der Waals surface area contributed by atoms with Gasteiger partial charge in [0.05, 0.1) is 12.2 Å². The number of nitrogens with zero attached hydrogens (tertiary/aromatic N) is 3. The molecule has 0 aliphatic carbocycles. The Hall–Kier alpha value is -1.84. The summed E-state index contributed by atoms with van der Waals surface area (Å²) in [6.07, 6.45) is 3.65. The Kier molecular flexibility index (Phi) is 3.42. The maximum Gasteiger partial charge on any atom is 0.128 e. The molecule has 0 unspecified atom stereocenters. The lowest BCUT2D eigenvalue weighted by atomic mass is 10.2. The SMILES string of the molecule is CCc1cc(CC)n(Cc2cccnc2N)n1. The van der Waals surface area contributed by atoms with Crippen LogP contribution < -0.4 is 5.73 Å². The van der Waals surface area contributed by atoms with Gasteiger partial charge in [-0.3, -0.25) is 4.68 Å². The van der Waals surface area contributed by atoms with Crippen molar-refractivity contribution in [1.82, 2.24) is 14.8 Å². The summed E-state index contributed by atoms with van der Waals surface area (Å²) < 4.78 is 2.02. The second-order valence-corrected chi connectivity index (χ2v) is 4.04. The average molecular weight is 230 g/mol. The first-order chi connectivity index (χ1) is 8.24. The van der Waals surface area contributed by atoms with Gasteiger partial charge in [-0.25, -0.2) is 4.98 Å². The number of aromatic nitrogens is 3. The molecule has 0 fully saturated rings. The lowest BCUT2D eigenvalue weighted by Gasteiger charge is -2.07. The Morgan fingerprint density at radius 2 is 2.12 bits per heavy atom. The fourth-order valence-corrected chi connectivity index (χ4v) is 1.86. The molecule has 2 aromatic rings. The number of nitrogens with two attached hydrogens (primary N) is 1. The van der Waals surface area contributed by atoms with Crippen LogP contribution >= 0.6 is 0 Å². The number of hydrogen-bond donors (Lipinski definition) is 1. The predicted octanol–water partition coefficient (Wildman–Crippen LogP) is 2.03. The van der Waals surface area contributed by atoms with E-state index >= 15 is 0 Å². The van der Waals surface area contributed by atoms with Gasteiger partial charge in [0.2, 0.25) is 0 Å². The molecule has 0 radical (unpaired) electrons. The Morgan fingerprint density at radius 3 is 2.76 bits per heavy atom. The molecule has 2 aromatic heterocycles. The van der Waals surface area contributed by atoms with Crippen molar-refractivity contribution in [2.45, 2.75) is 33.2 Å². The summed E-state index contributed by atoms with van der Waals surface area (Å²) in [5, 5.41) is 4.57. The molecule has 17 heavy (non-hydrogen) atoms. The van der Waals surface area contributed by atoms with Crippen LogP contribution in [0, 0.1) is 0 Å². The zero-order chi connectivity index (χ0) is 12.3. The quantitative estimate of drug-likeness (QED) is 0.874.